The number of amides is 1. The van der Waals surface area contributed by atoms with Crippen molar-refractivity contribution in [2.75, 3.05) is 6.54 Å². The highest BCUT2D eigenvalue weighted by atomic mass is 35.5. The number of nitrogens with two attached hydrogens (primary N) is 1. The minimum Gasteiger partial charge on any atom is -0.467 e. The van der Waals surface area contributed by atoms with Crippen molar-refractivity contribution < 1.29 is 9.21 Å². The van der Waals surface area contributed by atoms with Crippen molar-refractivity contribution in [3.8, 4) is 0 Å². The Labute approximate surface area is 108 Å². The zero-order chi connectivity index (χ0) is 12.0. The first-order valence-corrected chi connectivity index (χ1v) is 5.69. The molecule has 0 aromatic carbocycles. The molecule has 1 heterocycles. The second-order valence-electron chi connectivity index (χ2n) is 4.30. The van der Waals surface area contributed by atoms with E-state index >= 15 is 0 Å². The molecule has 1 amide bonds. The summed E-state index contributed by atoms with van der Waals surface area (Å²) in [5.41, 5.74) is 5.94. The minimum atomic E-state index is -0.0905. The summed E-state index contributed by atoms with van der Waals surface area (Å²) in [6, 6.07) is 1.68. The molecule has 0 fully saturated rings. The molecule has 0 aliphatic heterocycles. The lowest BCUT2D eigenvalue weighted by molar-refractivity contribution is 0.0952. The van der Waals surface area contributed by atoms with E-state index in [1.54, 1.807) is 6.07 Å². The van der Waals surface area contributed by atoms with E-state index in [1.807, 2.05) is 0 Å². The van der Waals surface area contributed by atoms with Gasteiger partial charge in [-0.25, -0.2) is 0 Å². The molecule has 0 saturated heterocycles. The van der Waals surface area contributed by atoms with E-state index < -0.39 is 0 Å². The highest BCUT2D eigenvalue weighted by Crippen LogP contribution is 2.07. The van der Waals surface area contributed by atoms with Crippen molar-refractivity contribution in [1.82, 2.24) is 5.32 Å². The van der Waals surface area contributed by atoms with Gasteiger partial charge in [0.25, 0.3) is 5.91 Å². The summed E-state index contributed by atoms with van der Waals surface area (Å²) in [5.74, 6) is 1.22. The van der Waals surface area contributed by atoms with Gasteiger partial charge in [0.05, 0.1) is 12.1 Å². The van der Waals surface area contributed by atoms with Gasteiger partial charge >= 0.3 is 0 Å². The van der Waals surface area contributed by atoms with Gasteiger partial charge in [0.15, 0.2) is 0 Å². The van der Waals surface area contributed by atoms with E-state index in [-0.39, 0.29) is 18.3 Å². The predicted molar refractivity (Wildman–Crippen MR) is 70.3 cm³/mol. The maximum atomic E-state index is 11.6. The van der Waals surface area contributed by atoms with Crippen molar-refractivity contribution in [3.63, 3.8) is 0 Å². The molecule has 0 unspecified atom stereocenters. The average molecular weight is 261 g/mol. The largest absolute Gasteiger partial charge is 0.467 e. The van der Waals surface area contributed by atoms with Crippen LogP contribution in [0.3, 0.4) is 0 Å². The van der Waals surface area contributed by atoms with Crippen molar-refractivity contribution in [2.24, 2.45) is 11.7 Å². The van der Waals surface area contributed by atoms with Gasteiger partial charge in [-0.2, -0.15) is 0 Å². The topological polar surface area (TPSA) is 68.3 Å². The van der Waals surface area contributed by atoms with Crippen LogP contribution in [-0.2, 0) is 6.54 Å². The fourth-order valence-electron chi connectivity index (χ4n) is 1.42. The number of rotatable bonds is 6. The van der Waals surface area contributed by atoms with Gasteiger partial charge in [-0.3, -0.25) is 4.79 Å². The maximum absolute atomic E-state index is 11.6. The Hall–Kier alpha value is -1.00. The van der Waals surface area contributed by atoms with Crippen LogP contribution in [0.1, 0.15) is 42.8 Å². The quantitative estimate of drug-likeness (QED) is 0.772. The molecule has 5 heteroatoms. The first-order chi connectivity index (χ1) is 7.63. The molecule has 1 aromatic rings. The second-order valence-corrected chi connectivity index (χ2v) is 4.30. The van der Waals surface area contributed by atoms with E-state index in [0.717, 1.165) is 12.8 Å². The summed E-state index contributed by atoms with van der Waals surface area (Å²) in [7, 11) is 0. The van der Waals surface area contributed by atoms with Crippen LogP contribution >= 0.6 is 12.4 Å². The zero-order valence-corrected chi connectivity index (χ0v) is 11.2. The molecule has 1 rings (SSSR count). The molecule has 0 radical (unpaired) electrons. The Balaban J connectivity index is 0.00000256. The summed E-state index contributed by atoms with van der Waals surface area (Å²) in [4.78, 5) is 11.6. The lowest BCUT2D eigenvalue weighted by atomic mass is 10.1. The van der Waals surface area contributed by atoms with E-state index in [1.165, 1.54) is 6.26 Å². The number of carbonyl (C=O) groups is 1. The van der Waals surface area contributed by atoms with Crippen LogP contribution in [0.15, 0.2) is 16.7 Å². The van der Waals surface area contributed by atoms with Crippen LogP contribution in [-0.4, -0.2) is 12.5 Å². The van der Waals surface area contributed by atoms with Gasteiger partial charge in [0.2, 0.25) is 0 Å². The molecular weight excluding hydrogens is 240 g/mol. The maximum Gasteiger partial charge on any atom is 0.254 e. The lowest BCUT2D eigenvalue weighted by Crippen LogP contribution is -2.24. The first-order valence-electron chi connectivity index (χ1n) is 5.69. The minimum absolute atomic E-state index is 0. The third-order valence-electron chi connectivity index (χ3n) is 2.36. The molecule has 3 N–H and O–H groups in total. The predicted octanol–water partition coefficient (Wildman–Crippen LogP) is 2.33. The van der Waals surface area contributed by atoms with E-state index in [0.29, 0.717) is 30.3 Å². The molecule has 0 spiro atoms. The number of hydrogen-bond donors (Lipinski definition) is 2. The highest BCUT2D eigenvalue weighted by Gasteiger charge is 2.08. The first kappa shape index (κ1) is 16.0. The summed E-state index contributed by atoms with van der Waals surface area (Å²) in [6.45, 7) is 5.37. The Bertz CT molecular complexity index is 337. The van der Waals surface area contributed by atoms with Crippen molar-refractivity contribution in [1.29, 1.82) is 0 Å². The van der Waals surface area contributed by atoms with Crippen LogP contribution in [0, 0.1) is 5.92 Å². The average Bonchev–Trinajstić information content (AvgIpc) is 2.72. The number of nitrogens with one attached hydrogen (secondary N) is 1. The summed E-state index contributed by atoms with van der Waals surface area (Å²) < 4.78 is 5.09. The molecular formula is C12H21ClN2O2. The van der Waals surface area contributed by atoms with Gasteiger partial charge in [0.1, 0.15) is 12.0 Å². The third-order valence-corrected chi connectivity index (χ3v) is 2.36. The van der Waals surface area contributed by atoms with E-state index in [4.69, 9.17) is 10.2 Å². The van der Waals surface area contributed by atoms with Crippen molar-refractivity contribution in [2.45, 2.75) is 33.2 Å². The number of halogens is 1. The number of carbonyl (C=O) groups excluding carboxylic acids is 1. The standard InChI is InChI=1S/C12H20N2O2.ClH/c1-9(2)4-3-5-14-12(15)10-6-11(7-13)16-8-10;/h6,8-9H,3-5,7,13H2,1-2H3,(H,14,15);1H. The van der Waals surface area contributed by atoms with E-state index in [2.05, 4.69) is 19.2 Å². The Morgan fingerprint density at radius 1 is 1.53 bits per heavy atom. The molecule has 17 heavy (non-hydrogen) atoms. The fraction of sp³-hybridized carbons (Fsp3) is 0.583. The molecule has 0 aliphatic carbocycles. The lowest BCUT2D eigenvalue weighted by Gasteiger charge is -2.05. The van der Waals surface area contributed by atoms with E-state index in [9.17, 15) is 4.79 Å². The Kier molecular flexibility index (Phi) is 7.66. The molecule has 98 valence electrons. The smallest absolute Gasteiger partial charge is 0.254 e. The van der Waals surface area contributed by atoms with Gasteiger partial charge in [-0.1, -0.05) is 13.8 Å². The zero-order valence-electron chi connectivity index (χ0n) is 10.4. The Morgan fingerprint density at radius 3 is 2.76 bits per heavy atom. The van der Waals surface area contributed by atoms with Crippen LogP contribution in [0.25, 0.3) is 0 Å². The summed E-state index contributed by atoms with van der Waals surface area (Å²) in [5, 5.41) is 2.85. The van der Waals surface area contributed by atoms with Crippen molar-refractivity contribution in [3.05, 3.63) is 23.7 Å². The van der Waals surface area contributed by atoms with Gasteiger partial charge in [-0.15, -0.1) is 12.4 Å². The SMILES string of the molecule is CC(C)CCCNC(=O)c1coc(CN)c1.Cl. The number of furan rings is 1. The second kappa shape index (κ2) is 8.14. The Morgan fingerprint density at radius 2 is 2.24 bits per heavy atom. The molecule has 0 saturated carbocycles. The molecule has 0 bridgehead atoms. The highest BCUT2D eigenvalue weighted by molar-refractivity contribution is 5.93. The monoisotopic (exact) mass is 260 g/mol. The van der Waals surface area contributed by atoms with Crippen LogP contribution < -0.4 is 11.1 Å². The van der Waals surface area contributed by atoms with Gasteiger partial charge < -0.3 is 15.5 Å². The summed E-state index contributed by atoms with van der Waals surface area (Å²) >= 11 is 0. The van der Waals surface area contributed by atoms with Gasteiger partial charge in [-0.05, 0) is 24.8 Å². The molecule has 4 nitrogen and oxygen atoms in total. The summed E-state index contributed by atoms with van der Waals surface area (Å²) in [6.07, 6.45) is 3.57. The molecule has 1 aromatic heterocycles. The van der Waals surface area contributed by atoms with Crippen LogP contribution in [0.4, 0.5) is 0 Å². The van der Waals surface area contributed by atoms with Crippen LogP contribution in [0.2, 0.25) is 0 Å². The third kappa shape index (κ3) is 5.75. The fourth-order valence-corrected chi connectivity index (χ4v) is 1.42. The van der Waals surface area contributed by atoms with Crippen LogP contribution in [0.5, 0.6) is 0 Å². The molecule has 0 atom stereocenters. The van der Waals surface area contributed by atoms with Gasteiger partial charge in [0, 0.05) is 6.54 Å². The van der Waals surface area contributed by atoms with Crippen molar-refractivity contribution >= 4 is 18.3 Å². The molecule has 0 aliphatic rings. The number of hydrogen-bond acceptors (Lipinski definition) is 3. The normalized spacial score (nSPS) is 10.1.